The van der Waals surface area contributed by atoms with Gasteiger partial charge in [0, 0.05) is 12.0 Å². The highest BCUT2D eigenvalue weighted by atomic mass is 16.3. The lowest BCUT2D eigenvalue weighted by Crippen LogP contribution is -2.49. The second-order valence-electron chi connectivity index (χ2n) is 5.55. The standard InChI is InChI=1S/C12H18N2O2/c1-9-4-12(5-9,6-13)10(16)14-7-11(8-15)2-3-11/h9,15H,2-5,7-8H2,1H3,(H,14,16). The molecule has 1 amide bonds. The van der Waals surface area contributed by atoms with Crippen LogP contribution in [0, 0.1) is 28.1 Å². The van der Waals surface area contributed by atoms with Crippen LogP contribution in [0.2, 0.25) is 0 Å². The van der Waals surface area contributed by atoms with E-state index in [-0.39, 0.29) is 17.9 Å². The number of hydrogen-bond acceptors (Lipinski definition) is 3. The van der Waals surface area contributed by atoms with Crippen LogP contribution in [-0.4, -0.2) is 24.2 Å². The van der Waals surface area contributed by atoms with E-state index in [1.165, 1.54) is 0 Å². The Kier molecular flexibility index (Phi) is 2.67. The second kappa shape index (κ2) is 3.74. The maximum Gasteiger partial charge on any atom is 0.240 e. The molecule has 0 atom stereocenters. The summed E-state index contributed by atoms with van der Waals surface area (Å²) in [6.07, 6.45) is 3.28. The fourth-order valence-electron chi connectivity index (χ4n) is 2.46. The van der Waals surface area contributed by atoms with Gasteiger partial charge in [0.25, 0.3) is 0 Å². The van der Waals surface area contributed by atoms with Crippen LogP contribution in [0.5, 0.6) is 0 Å². The summed E-state index contributed by atoms with van der Waals surface area (Å²) in [5.41, 5.74) is -0.868. The van der Waals surface area contributed by atoms with Crippen molar-refractivity contribution in [3.05, 3.63) is 0 Å². The summed E-state index contributed by atoms with van der Waals surface area (Å²) in [6.45, 7) is 2.70. The third kappa shape index (κ3) is 1.80. The van der Waals surface area contributed by atoms with Crippen LogP contribution >= 0.6 is 0 Å². The Hall–Kier alpha value is -1.08. The highest BCUT2D eigenvalue weighted by molar-refractivity contribution is 5.86. The number of rotatable bonds is 4. The van der Waals surface area contributed by atoms with E-state index < -0.39 is 5.41 Å². The van der Waals surface area contributed by atoms with Crippen molar-refractivity contribution in [1.82, 2.24) is 5.32 Å². The van der Waals surface area contributed by atoms with Crippen molar-refractivity contribution in [2.45, 2.75) is 32.6 Å². The minimum atomic E-state index is -0.787. The Bertz CT molecular complexity index is 335. The molecule has 0 aromatic carbocycles. The van der Waals surface area contributed by atoms with E-state index in [1.54, 1.807) is 0 Å². The fraction of sp³-hybridized carbons (Fsp3) is 0.833. The highest BCUT2D eigenvalue weighted by Gasteiger charge is 2.50. The van der Waals surface area contributed by atoms with E-state index in [0.29, 0.717) is 25.3 Å². The SMILES string of the molecule is CC1CC(C#N)(C(=O)NCC2(CO)CC2)C1. The number of nitrogens with one attached hydrogen (secondary N) is 1. The van der Waals surface area contributed by atoms with Gasteiger partial charge >= 0.3 is 0 Å². The third-order valence-corrected chi connectivity index (χ3v) is 3.96. The van der Waals surface area contributed by atoms with Gasteiger partial charge in [-0.1, -0.05) is 6.92 Å². The molecular formula is C12H18N2O2. The molecule has 2 saturated carbocycles. The average molecular weight is 222 g/mol. The molecule has 0 aromatic heterocycles. The molecule has 0 unspecified atom stereocenters. The van der Waals surface area contributed by atoms with Gasteiger partial charge in [-0.15, -0.1) is 0 Å². The quantitative estimate of drug-likeness (QED) is 0.739. The van der Waals surface area contributed by atoms with Crippen LogP contribution in [0.25, 0.3) is 0 Å². The van der Waals surface area contributed by atoms with Crippen molar-refractivity contribution in [2.24, 2.45) is 16.7 Å². The lowest BCUT2D eigenvalue weighted by atomic mass is 9.63. The predicted molar refractivity (Wildman–Crippen MR) is 58.2 cm³/mol. The molecule has 0 spiro atoms. The number of carbonyl (C=O) groups is 1. The largest absolute Gasteiger partial charge is 0.396 e. The Morgan fingerprint density at radius 2 is 2.19 bits per heavy atom. The second-order valence-corrected chi connectivity index (χ2v) is 5.55. The van der Waals surface area contributed by atoms with Crippen LogP contribution in [0.3, 0.4) is 0 Å². The van der Waals surface area contributed by atoms with Crippen LogP contribution in [0.1, 0.15) is 32.6 Å². The molecule has 0 aromatic rings. The van der Waals surface area contributed by atoms with Crippen molar-refractivity contribution in [3.8, 4) is 6.07 Å². The van der Waals surface area contributed by atoms with Crippen LogP contribution in [-0.2, 0) is 4.79 Å². The van der Waals surface area contributed by atoms with E-state index in [1.807, 2.05) is 0 Å². The number of amides is 1. The Balaban J connectivity index is 1.86. The predicted octanol–water partition coefficient (Wildman–Crippen LogP) is 0.815. The first-order valence-corrected chi connectivity index (χ1v) is 5.86. The van der Waals surface area contributed by atoms with Crippen molar-refractivity contribution in [2.75, 3.05) is 13.2 Å². The van der Waals surface area contributed by atoms with Gasteiger partial charge in [0.05, 0.1) is 12.7 Å². The summed E-state index contributed by atoms with van der Waals surface area (Å²) in [7, 11) is 0. The molecule has 2 fully saturated rings. The van der Waals surface area contributed by atoms with Gasteiger partial charge in [0.1, 0.15) is 5.41 Å². The molecule has 0 bridgehead atoms. The third-order valence-electron chi connectivity index (χ3n) is 3.96. The normalized spacial score (nSPS) is 34.7. The highest BCUT2D eigenvalue weighted by Crippen LogP contribution is 2.47. The molecule has 2 aliphatic carbocycles. The van der Waals surface area contributed by atoms with Gasteiger partial charge in [-0.05, 0) is 31.6 Å². The summed E-state index contributed by atoms with van der Waals surface area (Å²) < 4.78 is 0. The average Bonchev–Trinajstić information content (AvgIpc) is 3.02. The first kappa shape index (κ1) is 11.4. The van der Waals surface area contributed by atoms with Gasteiger partial charge in [-0.3, -0.25) is 4.79 Å². The zero-order valence-electron chi connectivity index (χ0n) is 9.62. The molecule has 0 saturated heterocycles. The summed E-state index contributed by atoms with van der Waals surface area (Å²) in [6, 6.07) is 2.15. The van der Waals surface area contributed by atoms with Gasteiger partial charge < -0.3 is 10.4 Å². The summed E-state index contributed by atoms with van der Waals surface area (Å²) in [4.78, 5) is 11.9. The molecule has 2 rings (SSSR count). The summed E-state index contributed by atoms with van der Waals surface area (Å²) in [5, 5.41) is 21.0. The number of nitrogens with zero attached hydrogens (tertiary/aromatic N) is 1. The topological polar surface area (TPSA) is 73.1 Å². The zero-order chi connectivity index (χ0) is 11.8. The first-order chi connectivity index (χ1) is 7.56. The van der Waals surface area contributed by atoms with Gasteiger partial charge in [-0.2, -0.15) is 5.26 Å². The van der Waals surface area contributed by atoms with Crippen molar-refractivity contribution < 1.29 is 9.90 Å². The maximum atomic E-state index is 11.9. The van der Waals surface area contributed by atoms with E-state index >= 15 is 0 Å². The van der Waals surface area contributed by atoms with Crippen LogP contribution in [0.4, 0.5) is 0 Å². The van der Waals surface area contributed by atoms with E-state index in [0.717, 1.165) is 12.8 Å². The zero-order valence-corrected chi connectivity index (χ0v) is 9.62. The summed E-state index contributed by atoms with van der Waals surface area (Å²) in [5.74, 6) is 0.325. The van der Waals surface area contributed by atoms with E-state index in [9.17, 15) is 4.79 Å². The van der Waals surface area contributed by atoms with Gasteiger partial charge in [-0.25, -0.2) is 0 Å². The lowest BCUT2D eigenvalue weighted by Gasteiger charge is -2.39. The van der Waals surface area contributed by atoms with E-state index in [2.05, 4.69) is 18.3 Å². The van der Waals surface area contributed by atoms with Crippen LogP contribution in [0.15, 0.2) is 0 Å². The molecular weight excluding hydrogens is 204 g/mol. The van der Waals surface area contributed by atoms with E-state index in [4.69, 9.17) is 10.4 Å². The van der Waals surface area contributed by atoms with Crippen molar-refractivity contribution in [1.29, 1.82) is 5.26 Å². The molecule has 88 valence electrons. The Labute approximate surface area is 95.6 Å². The smallest absolute Gasteiger partial charge is 0.240 e. The number of hydrogen-bond donors (Lipinski definition) is 2. The molecule has 4 nitrogen and oxygen atoms in total. The van der Waals surface area contributed by atoms with Crippen molar-refractivity contribution in [3.63, 3.8) is 0 Å². The minimum absolute atomic E-state index is 0.0817. The van der Waals surface area contributed by atoms with Gasteiger partial charge in [0.15, 0.2) is 0 Å². The number of carbonyl (C=O) groups excluding carboxylic acids is 1. The lowest BCUT2D eigenvalue weighted by molar-refractivity contribution is -0.134. The minimum Gasteiger partial charge on any atom is -0.396 e. The first-order valence-electron chi connectivity index (χ1n) is 5.86. The van der Waals surface area contributed by atoms with Crippen molar-refractivity contribution >= 4 is 5.91 Å². The number of aliphatic hydroxyl groups is 1. The maximum absolute atomic E-state index is 11.9. The molecule has 0 radical (unpaired) electrons. The molecule has 0 aliphatic heterocycles. The monoisotopic (exact) mass is 222 g/mol. The Morgan fingerprint density at radius 3 is 2.56 bits per heavy atom. The molecule has 2 N–H and O–H groups in total. The molecule has 16 heavy (non-hydrogen) atoms. The number of nitriles is 1. The fourth-order valence-corrected chi connectivity index (χ4v) is 2.46. The van der Waals surface area contributed by atoms with Gasteiger partial charge in [0.2, 0.25) is 5.91 Å². The number of aliphatic hydroxyl groups excluding tert-OH is 1. The molecule has 4 heteroatoms. The molecule has 0 heterocycles. The Morgan fingerprint density at radius 1 is 1.56 bits per heavy atom. The summed E-state index contributed by atoms with van der Waals surface area (Å²) >= 11 is 0. The molecule has 2 aliphatic rings. The van der Waals surface area contributed by atoms with Crippen LogP contribution < -0.4 is 5.32 Å².